The quantitative estimate of drug-likeness (QED) is 0.0424. The molecule has 1 amide bonds. The first-order valence-corrected chi connectivity index (χ1v) is 26.1. The summed E-state index contributed by atoms with van der Waals surface area (Å²) < 4.78 is 0. The third-order valence-corrected chi connectivity index (χ3v) is 12.2. The molecule has 0 heterocycles. The number of unbranched alkanes of at least 4 members (excludes halogenated alkanes) is 39. The van der Waals surface area contributed by atoms with Gasteiger partial charge in [-0.3, -0.25) is 4.79 Å². The Kier molecular flexibility index (Phi) is 48.3. The third kappa shape index (κ3) is 45.8. The van der Waals surface area contributed by atoms with Crippen molar-refractivity contribution in [1.82, 2.24) is 5.32 Å². The molecule has 0 rings (SSSR count). The Labute approximate surface area is 358 Å². The van der Waals surface area contributed by atoms with E-state index in [1.54, 1.807) is 6.08 Å². The van der Waals surface area contributed by atoms with Gasteiger partial charge in [0.05, 0.1) is 18.8 Å². The molecular formula is C53H103NO3. The molecule has 0 aromatic rings. The second-order valence-corrected chi connectivity index (χ2v) is 17.9. The highest BCUT2D eigenvalue weighted by Crippen LogP contribution is 2.17. The summed E-state index contributed by atoms with van der Waals surface area (Å²) in [5.74, 6) is -0.0649. The van der Waals surface area contributed by atoms with Crippen molar-refractivity contribution in [3.8, 4) is 0 Å². The predicted molar refractivity (Wildman–Crippen MR) is 253 cm³/mol. The lowest BCUT2D eigenvalue weighted by Gasteiger charge is -2.20. The summed E-state index contributed by atoms with van der Waals surface area (Å²) in [6.45, 7) is 4.25. The van der Waals surface area contributed by atoms with Crippen molar-refractivity contribution in [1.29, 1.82) is 0 Å². The summed E-state index contributed by atoms with van der Waals surface area (Å²) in [6.07, 6.45) is 65.2. The molecule has 4 nitrogen and oxygen atoms in total. The molecule has 0 spiro atoms. The van der Waals surface area contributed by atoms with Crippen molar-refractivity contribution in [3.05, 3.63) is 24.3 Å². The minimum Gasteiger partial charge on any atom is -0.394 e. The van der Waals surface area contributed by atoms with E-state index in [9.17, 15) is 15.0 Å². The molecule has 0 saturated carbocycles. The van der Waals surface area contributed by atoms with E-state index in [0.717, 1.165) is 25.7 Å². The summed E-state index contributed by atoms with van der Waals surface area (Å²) in [5, 5.41) is 22.7. The highest BCUT2D eigenvalue weighted by Gasteiger charge is 2.18. The molecule has 0 aliphatic carbocycles. The minimum atomic E-state index is -0.832. The zero-order valence-electron chi connectivity index (χ0n) is 38.9. The van der Waals surface area contributed by atoms with E-state index in [1.165, 1.54) is 244 Å². The summed E-state index contributed by atoms with van der Waals surface area (Å²) in [6, 6.07) is -0.615. The van der Waals surface area contributed by atoms with Gasteiger partial charge in [0.2, 0.25) is 5.91 Å². The van der Waals surface area contributed by atoms with E-state index in [0.29, 0.717) is 6.42 Å². The fraction of sp³-hybridized carbons (Fsp3) is 0.906. The average molecular weight is 802 g/mol. The molecule has 3 N–H and O–H groups in total. The zero-order chi connectivity index (χ0) is 41.4. The molecule has 0 aromatic heterocycles. The van der Waals surface area contributed by atoms with Crippen LogP contribution < -0.4 is 5.32 Å². The maximum atomic E-state index is 12.3. The molecule has 0 aliphatic rings. The van der Waals surface area contributed by atoms with Gasteiger partial charge < -0.3 is 15.5 Å². The predicted octanol–water partition coefficient (Wildman–Crippen LogP) is 16.8. The SMILES string of the molecule is CCCCCC/C=C/C(O)C(CO)NC(=O)CCCCCCCCCCCCCCCCCCCCCCCCCCCCC/C=C\CCCCCCCCCC. The maximum Gasteiger partial charge on any atom is 0.220 e. The fourth-order valence-corrected chi connectivity index (χ4v) is 8.18. The van der Waals surface area contributed by atoms with Gasteiger partial charge >= 0.3 is 0 Å². The number of nitrogens with one attached hydrogen (secondary N) is 1. The van der Waals surface area contributed by atoms with Crippen LogP contribution in [-0.4, -0.2) is 34.9 Å². The van der Waals surface area contributed by atoms with Crippen LogP contribution in [0.4, 0.5) is 0 Å². The zero-order valence-corrected chi connectivity index (χ0v) is 38.9. The molecule has 0 saturated heterocycles. The van der Waals surface area contributed by atoms with Gasteiger partial charge in [-0.05, 0) is 44.9 Å². The Hall–Kier alpha value is -1.13. The molecule has 0 aromatic carbocycles. The number of carbonyl (C=O) groups excluding carboxylic acids is 1. The summed E-state index contributed by atoms with van der Waals surface area (Å²) >= 11 is 0. The largest absolute Gasteiger partial charge is 0.394 e. The van der Waals surface area contributed by atoms with Crippen LogP contribution in [0, 0.1) is 0 Å². The second-order valence-electron chi connectivity index (χ2n) is 17.9. The number of rotatable bonds is 48. The highest BCUT2D eigenvalue weighted by molar-refractivity contribution is 5.76. The highest BCUT2D eigenvalue weighted by atomic mass is 16.3. The number of allylic oxidation sites excluding steroid dienone is 3. The van der Waals surface area contributed by atoms with Gasteiger partial charge in [-0.25, -0.2) is 0 Å². The molecule has 338 valence electrons. The number of amides is 1. The van der Waals surface area contributed by atoms with Crippen molar-refractivity contribution < 1.29 is 15.0 Å². The first kappa shape index (κ1) is 55.9. The van der Waals surface area contributed by atoms with Gasteiger partial charge in [0.15, 0.2) is 0 Å². The molecule has 0 aliphatic heterocycles. The summed E-state index contributed by atoms with van der Waals surface area (Å²) in [7, 11) is 0. The Morgan fingerprint density at radius 3 is 0.982 bits per heavy atom. The fourth-order valence-electron chi connectivity index (χ4n) is 8.18. The Bertz CT molecular complexity index is 825. The standard InChI is InChI=1S/C53H103NO3/c1-3-5-7-9-11-12-13-14-15-16-17-18-19-20-21-22-23-24-25-26-27-28-29-30-31-32-33-34-35-36-37-38-39-40-41-42-43-45-47-49-53(57)54-51(50-55)52(56)48-46-44-10-8-6-4-2/h16-17,46,48,51-52,55-56H,3-15,18-45,47,49-50H2,1-2H3,(H,54,57)/b17-16-,48-46+. The Balaban J connectivity index is 3.28. The van der Waals surface area contributed by atoms with Crippen LogP contribution in [0.3, 0.4) is 0 Å². The van der Waals surface area contributed by atoms with Crippen LogP contribution in [0.2, 0.25) is 0 Å². The Morgan fingerprint density at radius 2 is 0.667 bits per heavy atom. The van der Waals surface area contributed by atoms with E-state index in [1.807, 2.05) is 6.08 Å². The number of hydrogen-bond donors (Lipinski definition) is 3. The molecule has 0 fully saturated rings. The number of aliphatic hydroxyl groups is 2. The summed E-state index contributed by atoms with van der Waals surface area (Å²) in [5.41, 5.74) is 0. The van der Waals surface area contributed by atoms with Crippen molar-refractivity contribution in [2.24, 2.45) is 0 Å². The molecule has 2 atom stereocenters. The lowest BCUT2D eigenvalue weighted by Crippen LogP contribution is -2.45. The van der Waals surface area contributed by atoms with Crippen LogP contribution in [-0.2, 0) is 4.79 Å². The van der Waals surface area contributed by atoms with E-state index < -0.39 is 12.1 Å². The van der Waals surface area contributed by atoms with Gasteiger partial charge in [-0.2, -0.15) is 0 Å². The molecule has 0 radical (unpaired) electrons. The minimum absolute atomic E-state index is 0.0649. The van der Waals surface area contributed by atoms with Crippen molar-refractivity contribution in [2.75, 3.05) is 6.61 Å². The van der Waals surface area contributed by atoms with Crippen LogP contribution in [0.25, 0.3) is 0 Å². The first-order valence-electron chi connectivity index (χ1n) is 26.1. The van der Waals surface area contributed by atoms with E-state index in [2.05, 4.69) is 31.3 Å². The van der Waals surface area contributed by atoms with Gasteiger partial charge in [0, 0.05) is 6.42 Å². The lowest BCUT2D eigenvalue weighted by molar-refractivity contribution is -0.123. The van der Waals surface area contributed by atoms with Gasteiger partial charge in [-0.15, -0.1) is 0 Å². The van der Waals surface area contributed by atoms with Crippen LogP contribution >= 0.6 is 0 Å². The number of carbonyl (C=O) groups is 1. The van der Waals surface area contributed by atoms with Crippen molar-refractivity contribution in [2.45, 2.75) is 302 Å². The van der Waals surface area contributed by atoms with Crippen LogP contribution in [0.1, 0.15) is 290 Å². The first-order chi connectivity index (χ1) is 28.2. The third-order valence-electron chi connectivity index (χ3n) is 12.2. The smallest absolute Gasteiger partial charge is 0.220 e. The van der Waals surface area contributed by atoms with E-state index >= 15 is 0 Å². The normalized spacial score (nSPS) is 13.0. The van der Waals surface area contributed by atoms with Gasteiger partial charge in [0.1, 0.15) is 0 Å². The van der Waals surface area contributed by atoms with E-state index in [-0.39, 0.29) is 12.5 Å². The Morgan fingerprint density at radius 1 is 0.404 bits per heavy atom. The molecule has 4 heteroatoms. The molecule has 57 heavy (non-hydrogen) atoms. The van der Waals surface area contributed by atoms with Crippen molar-refractivity contribution in [3.63, 3.8) is 0 Å². The van der Waals surface area contributed by atoms with Crippen LogP contribution in [0.5, 0.6) is 0 Å². The maximum absolute atomic E-state index is 12.3. The molecule has 0 bridgehead atoms. The number of aliphatic hydroxyl groups excluding tert-OH is 2. The van der Waals surface area contributed by atoms with Crippen molar-refractivity contribution >= 4 is 5.91 Å². The van der Waals surface area contributed by atoms with E-state index in [4.69, 9.17) is 0 Å². The second kappa shape index (κ2) is 49.2. The van der Waals surface area contributed by atoms with Crippen LogP contribution in [0.15, 0.2) is 24.3 Å². The van der Waals surface area contributed by atoms with Gasteiger partial charge in [0.25, 0.3) is 0 Å². The number of hydrogen-bond acceptors (Lipinski definition) is 3. The topological polar surface area (TPSA) is 69.6 Å². The monoisotopic (exact) mass is 802 g/mol. The average Bonchev–Trinajstić information content (AvgIpc) is 3.22. The van der Waals surface area contributed by atoms with Gasteiger partial charge in [-0.1, -0.05) is 263 Å². The molecular weight excluding hydrogens is 699 g/mol. The lowest BCUT2D eigenvalue weighted by atomic mass is 10.0. The summed E-state index contributed by atoms with van der Waals surface area (Å²) in [4.78, 5) is 12.3. The molecule has 2 unspecified atom stereocenters.